The first-order valence-corrected chi connectivity index (χ1v) is 9.09. The van der Waals surface area contributed by atoms with Crippen LogP contribution in [0.15, 0.2) is 46.9 Å². The third-order valence-corrected chi connectivity index (χ3v) is 5.23. The third-order valence-electron chi connectivity index (χ3n) is 4.90. The Hall–Kier alpha value is -3.19. The molecule has 1 aliphatic heterocycles. The zero-order valence-electron chi connectivity index (χ0n) is 14.7. The molecule has 0 spiro atoms. The van der Waals surface area contributed by atoms with Gasteiger partial charge in [-0.15, -0.1) is 0 Å². The standard InChI is InChI=1S/C20H14ClFN4O2/c1-10-18-13(12-7-6-11(22)8-14(12)21)9-17(27)24-19(18)26(25-10)20-23-15-4-2-3-5-16(15)28-20/h2-8,13H,9H2,1H3,(H,24,27). The summed E-state index contributed by atoms with van der Waals surface area (Å²) in [6, 6.07) is 11.8. The number of aryl methyl sites for hydroxylation is 1. The highest BCUT2D eigenvalue weighted by atomic mass is 35.5. The van der Waals surface area contributed by atoms with Crippen molar-refractivity contribution in [2.45, 2.75) is 19.3 Å². The Morgan fingerprint density at radius 2 is 2.11 bits per heavy atom. The van der Waals surface area contributed by atoms with Crippen molar-refractivity contribution in [3.63, 3.8) is 0 Å². The normalized spacial score (nSPS) is 16.2. The number of fused-ring (bicyclic) bond motifs is 2. The van der Waals surface area contributed by atoms with Crippen molar-refractivity contribution in [2.24, 2.45) is 0 Å². The van der Waals surface area contributed by atoms with Crippen molar-refractivity contribution >= 4 is 34.4 Å². The van der Waals surface area contributed by atoms with Crippen LogP contribution in [0.4, 0.5) is 10.2 Å². The average molecular weight is 397 g/mol. The number of benzene rings is 2. The summed E-state index contributed by atoms with van der Waals surface area (Å²) >= 11 is 6.28. The SMILES string of the molecule is Cc1nn(-c2nc3ccccc3o2)c2c1C(c1ccc(F)cc1Cl)CC(=O)N2. The van der Waals surface area contributed by atoms with E-state index in [4.69, 9.17) is 16.0 Å². The highest BCUT2D eigenvalue weighted by Crippen LogP contribution is 2.42. The van der Waals surface area contributed by atoms with Gasteiger partial charge in [-0.25, -0.2) is 4.39 Å². The van der Waals surface area contributed by atoms with Gasteiger partial charge in [0.2, 0.25) is 5.91 Å². The van der Waals surface area contributed by atoms with Crippen LogP contribution in [-0.2, 0) is 4.79 Å². The molecule has 0 bridgehead atoms. The van der Waals surface area contributed by atoms with Crippen LogP contribution in [0.25, 0.3) is 17.1 Å². The lowest BCUT2D eigenvalue weighted by atomic mass is 9.86. The molecule has 2 aromatic carbocycles. The Morgan fingerprint density at radius 3 is 2.89 bits per heavy atom. The number of anilines is 1. The molecule has 1 amide bonds. The molecule has 1 N–H and O–H groups in total. The fourth-order valence-electron chi connectivity index (χ4n) is 3.69. The molecule has 1 unspecified atom stereocenters. The second kappa shape index (κ2) is 6.17. The Morgan fingerprint density at radius 1 is 1.29 bits per heavy atom. The molecule has 0 saturated heterocycles. The average Bonchev–Trinajstić information content (AvgIpc) is 3.22. The summed E-state index contributed by atoms with van der Waals surface area (Å²) in [7, 11) is 0. The molecule has 5 rings (SSSR count). The van der Waals surface area contributed by atoms with Gasteiger partial charge < -0.3 is 9.73 Å². The lowest BCUT2D eigenvalue weighted by molar-refractivity contribution is -0.116. The third kappa shape index (κ3) is 2.58. The molecule has 8 heteroatoms. The number of halogens is 2. The number of aromatic nitrogens is 3. The smallest absolute Gasteiger partial charge is 0.325 e. The zero-order chi connectivity index (χ0) is 19.4. The topological polar surface area (TPSA) is 73.0 Å². The van der Waals surface area contributed by atoms with Crippen LogP contribution >= 0.6 is 11.6 Å². The van der Waals surface area contributed by atoms with Crippen molar-refractivity contribution in [3.8, 4) is 6.01 Å². The predicted molar refractivity (Wildman–Crippen MR) is 102 cm³/mol. The Kier molecular flexibility index (Phi) is 3.73. The number of nitrogens with zero attached hydrogens (tertiary/aromatic N) is 3. The van der Waals surface area contributed by atoms with E-state index in [0.717, 1.165) is 5.56 Å². The molecule has 140 valence electrons. The highest BCUT2D eigenvalue weighted by Gasteiger charge is 2.34. The van der Waals surface area contributed by atoms with E-state index in [2.05, 4.69) is 15.4 Å². The summed E-state index contributed by atoms with van der Waals surface area (Å²) in [6.45, 7) is 1.85. The summed E-state index contributed by atoms with van der Waals surface area (Å²) in [5.74, 6) is -0.455. The number of hydrogen-bond donors (Lipinski definition) is 1. The van der Waals surface area contributed by atoms with Crippen LogP contribution in [0, 0.1) is 12.7 Å². The minimum Gasteiger partial charge on any atom is -0.422 e. The van der Waals surface area contributed by atoms with Crippen LogP contribution < -0.4 is 5.32 Å². The van der Waals surface area contributed by atoms with Crippen LogP contribution in [0.5, 0.6) is 0 Å². The van der Waals surface area contributed by atoms with E-state index >= 15 is 0 Å². The van der Waals surface area contributed by atoms with Crippen LogP contribution in [0.2, 0.25) is 5.02 Å². The lowest BCUT2D eigenvalue weighted by Gasteiger charge is -2.24. The first kappa shape index (κ1) is 16.9. The lowest BCUT2D eigenvalue weighted by Crippen LogP contribution is -2.25. The second-order valence-electron chi connectivity index (χ2n) is 6.69. The summed E-state index contributed by atoms with van der Waals surface area (Å²) < 4.78 is 20.8. The monoisotopic (exact) mass is 396 g/mol. The van der Waals surface area contributed by atoms with Crippen molar-refractivity contribution in [2.75, 3.05) is 5.32 Å². The maximum absolute atomic E-state index is 13.5. The number of para-hydroxylation sites is 2. The first-order valence-electron chi connectivity index (χ1n) is 8.71. The maximum Gasteiger partial charge on any atom is 0.325 e. The van der Waals surface area contributed by atoms with Gasteiger partial charge in [-0.05, 0) is 36.8 Å². The first-order chi connectivity index (χ1) is 13.5. The molecule has 4 aromatic rings. The second-order valence-corrected chi connectivity index (χ2v) is 7.10. The van der Waals surface area contributed by atoms with Gasteiger partial charge in [-0.1, -0.05) is 29.8 Å². The summed E-state index contributed by atoms with van der Waals surface area (Å²) in [5.41, 5.74) is 3.52. The van der Waals surface area contributed by atoms with Gasteiger partial charge in [-0.2, -0.15) is 14.8 Å². The number of hydrogen-bond acceptors (Lipinski definition) is 4. The van der Waals surface area contributed by atoms with Gasteiger partial charge >= 0.3 is 6.01 Å². The molecule has 0 aliphatic carbocycles. The number of rotatable bonds is 2. The van der Waals surface area contributed by atoms with Gasteiger partial charge in [-0.3, -0.25) is 4.79 Å². The van der Waals surface area contributed by atoms with Crippen molar-refractivity contribution in [3.05, 3.63) is 70.1 Å². The number of carbonyl (C=O) groups is 1. The van der Waals surface area contributed by atoms with E-state index in [1.165, 1.54) is 16.8 Å². The molecule has 28 heavy (non-hydrogen) atoms. The Labute approximate surface area is 163 Å². The molecule has 1 atom stereocenters. The Balaban J connectivity index is 1.69. The number of oxazole rings is 1. The molecule has 0 radical (unpaired) electrons. The maximum atomic E-state index is 13.5. The molecule has 3 heterocycles. The van der Waals surface area contributed by atoms with Crippen LogP contribution in [-0.4, -0.2) is 20.7 Å². The number of amides is 1. The minimum absolute atomic E-state index is 0.185. The van der Waals surface area contributed by atoms with E-state index < -0.39 is 5.82 Å². The molecule has 0 saturated carbocycles. The van der Waals surface area contributed by atoms with Gasteiger partial charge in [0, 0.05) is 22.9 Å². The van der Waals surface area contributed by atoms with Gasteiger partial charge in [0.25, 0.3) is 0 Å². The minimum atomic E-state index is -0.423. The summed E-state index contributed by atoms with van der Waals surface area (Å²) in [4.78, 5) is 16.9. The highest BCUT2D eigenvalue weighted by molar-refractivity contribution is 6.31. The quantitative estimate of drug-likeness (QED) is 0.538. The van der Waals surface area contributed by atoms with E-state index in [0.29, 0.717) is 28.2 Å². The zero-order valence-corrected chi connectivity index (χ0v) is 15.5. The van der Waals surface area contributed by atoms with Gasteiger partial charge in [0.05, 0.1) is 5.69 Å². The number of nitrogens with one attached hydrogen (secondary N) is 1. The van der Waals surface area contributed by atoms with E-state index in [1.807, 2.05) is 31.2 Å². The van der Waals surface area contributed by atoms with Gasteiger partial charge in [0.15, 0.2) is 5.58 Å². The van der Waals surface area contributed by atoms with Crippen molar-refractivity contribution < 1.29 is 13.6 Å². The van der Waals surface area contributed by atoms with E-state index in [9.17, 15) is 9.18 Å². The van der Waals surface area contributed by atoms with Gasteiger partial charge in [0.1, 0.15) is 17.2 Å². The fourth-order valence-corrected chi connectivity index (χ4v) is 3.98. The molecule has 0 fully saturated rings. The van der Waals surface area contributed by atoms with Crippen LogP contribution in [0.1, 0.15) is 29.2 Å². The fraction of sp³-hybridized carbons (Fsp3) is 0.150. The largest absolute Gasteiger partial charge is 0.422 e. The molecule has 1 aliphatic rings. The summed E-state index contributed by atoms with van der Waals surface area (Å²) in [6.07, 6.45) is 0.193. The predicted octanol–water partition coefficient (Wildman–Crippen LogP) is 4.59. The van der Waals surface area contributed by atoms with Crippen molar-refractivity contribution in [1.82, 2.24) is 14.8 Å². The van der Waals surface area contributed by atoms with Crippen LogP contribution in [0.3, 0.4) is 0 Å². The molecule has 2 aromatic heterocycles. The number of carbonyl (C=O) groups excluding carboxylic acids is 1. The molecule has 6 nitrogen and oxygen atoms in total. The molecular weight excluding hydrogens is 383 g/mol. The Bertz CT molecular complexity index is 1210. The summed E-state index contributed by atoms with van der Waals surface area (Å²) in [5, 5.41) is 7.69. The van der Waals surface area contributed by atoms with E-state index in [1.54, 1.807) is 6.07 Å². The molecular formula is C20H14ClFN4O2. The van der Waals surface area contributed by atoms with E-state index in [-0.39, 0.29) is 29.3 Å². The van der Waals surface area contributed by atoms with Crippen molar-refractivity contribution in [1.29, 1.82) is 0 Å².